The van der Waals surface area contributed by atoms with E-state index in [1.165, 1.54) is 12.1 Å². The molecule has 6 heteroatoms. The number of nitrogens with zero attached hydrogens (tertiary/aromatic N) is 1. The van der Waals surface area contributed by atoms with Crippen LogP contribution >= 0.6 is 0 Å². The van der Waals surface area contributed by atoms with Crippen molar-refractivity contribution >= 4 is 5.69 Å². The van der Waals surface area contributed by atoms with Crippen LogP contribution < -0.4 is 15.8 Å². The minimum absolute atomic E-state index is 0.0638. The second-order valence-electron chi connectivity index (χ2n) is 5.85. The van der Waals surface area contributed by atoms with Gasteiger partial charge in [-0.25, -0.2) is 13.8 Å². The molecule has 23 heavy (non-hydrogen) atoms. The Morgan fingerprint density at radius 3 is 2.74 bits per heavy atom. The summed E-state index contributed by atoms with van der Waals surface area (Å²) in [6, 6.07) is 7.54. The third-order valence-corrected chi connectivity index (χ3v) is 4.30. The molecule has 1 saturated heterocycles. The van der Waals surface area contributed by atoms with Gasteiger partial charge < -0.3 is 15.8 Å². The zero-order chi connectivity index (χ0) is 16.4. The molecule has 0 aliphatic carbocycles. The number of rotatable bonds is 4. The van der Waals surface area contributed by atoms with E-state index in [2.05, 4.69) is 10.3 Å². The van der Waals surface area contributed by atoms with E-state index in [1.54, 1.807) is 24.4 Å². The molecular formula is C17H19F2N3O. The zero-order valence-electron chi connectivity index (χ0n) is 12.8. The van der Waals surface area contributed by atoms with Gasteiger partial charge in [0.1, 0.15) is 6.10 Å². The van der Waals surface area contributed by atoms with Gasteiger partial charge in [0.05, 0.1) is 11.9 Å². The summed E-state index contributed by atoms with van der Waals surface area (Å²) in [5.74, 6) is -0.940. The highest BCUT2D eigenvalue weighted by Crippen LogP contribution is 2.32. The fourth-order valence-corrected chi connectivity index (χ4v) is 3.04. The Balaban J connectivity index is 1.75. The van der Waals surface area contributed by atoms with Crippen molar-refractivity contribution in [3.63, 3.8) is 0 Å². The number of nitrogens with two attached hydrogens (primary N) is 1. The first-order chi connectivity index (χ1) is 11.0. The number of anilines is 1. The lowest BCUT2D eigenvalue weighted by Crippen LogP contribution is -2.29. The predicted molar refractivity (Wildman–Crippen MR) is 84.2 cm³/mol. The number of benzene rings is 1. The van der Waals surface area contributed by atoms with Crippen molar-refractivity contribution in [2.45, 2.75) is 18.9 Å². The molecule has 3 rings (SSSR count). The Bertz CT molecular complexity index is 678. The summed E-state index contributed by atoms with van der Waals surface area (Å²) in [6.45, 7) is 3.42. The van der Waals surface area contributed by atoms with Gasteiger partial charge in [0.15, 0.2) is 11.6 Å². The van der Waals surface area contributed by atoms with E-state index in [-0.39, 0.29) is 17.9 Å². The topological polar surface area (TPSA) is 60.2 Å². The summed E-state index contributed by atoms with van der Waals surface area (Å²) in [7, 11) is 0. The SMILES string of the molecule is C[C@H](Oc1ccc(N)cn1)[C@H]1CNC[C@@H]1c1ccc(F)c(F)c1. The molecule has 1 aromatic heterocycles. The number of ether oxygens (including phenoxy) is 1. The monoisotopic (exact) mass is 319 g/mol. The summed E-state index contributed by atoms with van der Waals surface area (Å²) in [4.78, 5) is 4.14. The maximum atomic E-state index is 13.5. The molecule has 1 aromatic carbocycles. The molecular weight excluding hydrogens is 300 g/mol. The van der Waals surface area contributed by atoms with Crippen LogP contribution in [0.25, 0.3) is 0 Å². The first-order valence-corrected chi connectivity index (χ1v) is 7.58. The van der Waals surface area contributed by atoms with Gasteiger partial charge in [-0.2, -0.15) is 0 Å². The van der Waals surface area contributed by atoms with Crippen molar-refractivity contribution in [3.8, 4) is 5.88 Å². The maximum absolute atomic E-state index is 13.5. The van der Waals surface area contributed by atoms with Gasteiger partial charge in [0.25, 0.3) is 0 Å². The highest BCUT2D eigenvalue weighted by molar-refractivity contribution is 5.36. The molecule has 1 aliphatic rings. The van der Waals surface area contributed by atoms with E-state index in [4.69, 9.17) is 10.5 Å². The van der Waals surface area contributed by atoms with Crippen LogP contribution in [-0.2, 0) is 0 Å². The van der Waals surface area contributed by atoms with Crippen LogP contribution in [0.4, 0.5) is 14.5 Å². The molecule has 1 fully saturated rings. The number of nitrogen functional groups attached to an aromatic ring is 1. The fourth-order valence-electron chi connectivity index (χ4n) is 3.04. The molecule has 2 aromatic rings. The van der Waals surface area contributed by atoms with Gasteiger partial charge in [-0.05, 0) is 30.7 Å². The molecule has 0 unspecified atom stereocenters. The number of hydrogen-bond donors (Lipinski definition) is 2. The van der Waals surface area contributed by atoms with Crippen LogP contribution in [0.5, 0.6) is 5.88 Å². The van der Waals surface area contributed by atoms with Gasteiger partial charge >= 0.3 is 0 Å². The molecule has 2 heterocycles. The van der Waals surface area contributed by atoms with E-state index < -0.39 is 11.6 Å². The third-order valence-electron chi connectivity index (χ3n) is 4.30. The molecule has 0 radical (unpaired) electrons. The predicted octanol–water partition coefficient (Wildman–Crippen LogP) is 2.71. The third kappa shape index (κ3) is 3.42. The lowest BCUT2D eigenvalue weighted by Gasteiger charge is -2.25. The van der Waals surface area contributed by atoms with Crippen LogP contribution in [0, 0.1) is 17.6 Å². The van der Waals surface area contributed by atoms with Gasteiger partial charge in [0, 0.05) is 31.0 Å². The Labute approximate surface area is 133 Å². The fraction of sp³-hybridized carbons (Fsp3) is 0.353. The van der Waals surface area contributed by atoms with E-state index in [0.29, 0.717) is 18.1 Å². The number of halogens is 2. The lowest BCUT2D eigenvalue weighted by atomic mass is 9.85. The number of nitrogens with one attached hydrogen (secondary N) is 1. The van der Waals surface area contributed by atoms with Crippen LogP contribution in [0.2, 0.25) is 0 Å². The maximum Gasteiger partial charge on any atom is 0.213 e. The van der Waals surface area contributed by atoms with E-state index in [1.807, 2.05) is 6.92 Å². The van der Waals surface area contributed by atoms with Crippen LogP contribution in [-0.4, -0.2) is 24.2 Å². The Hall–Kier alpha value is -2.21. The van der Waals surface area contributed by atoms with Crippen LogP contribution in [0.15, 0.2) is 36.5 Å². The Kier molecular flexibility index (Phi) is 4.43. The van der Waals surface area contributed by atoms with E-state index in [9.17, 15) is 8.78 Å². The first kappa shape index (κ1) is 15.7. The Morgan fingerprint density at radius 2 is 2.04 bits per heavy atom. The zero-order valence-corrected chi connectivity index (χ0v) is 12.8. The molecule has 0 bridgehead atoms. The van der Waals surface area contributed by atoms with Crippen molar-refractivity contribution in [1.29, 1.82) is 0 Å². The highest BCUT2D eigenvalue weighted by atomic mass is 19.2. The minimum atomic E-state index is -0.827. The quantitative estimate of drug-likeness (QED) is 0.910. The van der Waals surface area contributed by atoms with Crippen molar-refractivity contribution in [2.24, 2.45) is 5.92 Å². The van der Waals surface area contributed by atoms with Gasteiger partial charge in [-0.15, -0.1) is 0 Å². The Morgan fingerprint density at radius 1 is 1.22 bits per heavy atom. The summed E-state index contributed by atoms with van der Waals surface area (Å²) in [6.07, 6.45) is 1.42. The second-order valence-corrected chi connectivity index (χ2v) is 5.85. The van der Waals surface area contributed by atoms with Gasteiger partial charge in [-0.3, -0.25) is 0 Å². The number of aromatic nitrogens is 1. The number of pyridine rings is 1. The van der Waals surface area contributed by atoms with Crippen LogP contribution in [0.3, 0.4) is 0 Å². The summed E-state index contributed by atoms with van der Waals surface area (Å²) in [5, 5.41) is 3.29. The lowest BCUT2D eigenvalue weighted by molar-refractivity contribution is 0.145. The van der Waals surface area contributed by atoms with Crippen molar-refractivity contribution in [2.75, 3.05) is 18.8 Å². The van der Waals surface area contributed by atoms with Crippen molar-refractivity contribution in [1.82, 2.24) is 10.3 Å². The molecule has 0 saturated carbocycles. The average Bonchev–Trinajstić information content (AvgIpc) is 3.02. The normalized spacial score (nSPS) is 22.0. The summed E-state index contributed by atoms with van der Waals surface area (Å²) in [5.41, 5.74) is 6.96. The van der Waals surface area contributed by atoms with Gasteiger partial charge in [-0.1, -0.05) is 6.07 Å². The molecule has 1 aliphatic heterocycles. The largest absolute Gasteiger partial charge is 0.474 e. The number of hydrogen-bond acceptors (Lipinski definition) is 4. The minimum Gasteiger partial charge on any atom is -0.474 e. The average molecular weight is 319 g/mol. The molecule has 3 N–H and O–H groups in total. The summed E-state index contributed by atoms with van der Waals surface area (Å²) < 4.78 is 32.5. The molecule has 3 atom stereocenters. The van der Waals surface area contributed by atoms with E-state index >= 15 is 0 Å². The van der Waals surface area contributed by atoms with Crippen molar-refractivity contribution in [3.05, 3.63) is 53.7 Å². The summed E-state index contributed by atoms with van der Waals surface area (Å²) >= 11 is 0. The van der Waals surface area contributed by atoms with Gasteiger partial charge in [0.2, 0.25) is 5.88 Å². The standard InChI is InChI=1S/C17H19F2N3O/c1-10(23-17-5-3-12(20)7-22-17)13-8-21-9-14(13)11-2-4-15(18)16(19)6-11/h2-7,10,13-14,21H,8-9,20H2,1H3/t10-,13+,14+/m0/s1. The molecule has 4 nitrogen and oxygen atoms in total. The molecule has 0 spiro atoms. The first-order valence-electron chi connectivity index (χ1n) is 7.58. The smallest absolute Gasteiger partial charge is 0.213 e. The molecule has 122 valence electrons. The van der Waals surface area contributed by atoms with E-state index in [0.717, 1.165) is 12.1 Å². The second kappa shape index (κ2) is 6.50. The highest BCUT2D eigenvalue weighted by Gasteiger charge is 2.34. The van der Waals surface area contributed by atoms with Crippen LogP contribution in [0.1, 0.15) is 18.4 Å². The van der Waals surface area contributed by atoms with Crippen molar-refractivity contribution < 1.29 is 13.5 Å². The molecule has 0 amide bonds.